The fraction of sp³-hybridized carbons (Fsp3) is 0.444. The quantitative estimate of drug-likeness (QED) is 0.482. The zero-order valence-electron chi connectivity index (χ0n) is 14.0. The lowest BCUT2D eigenvalue weighted by molar-refractivity contribution is 0.0409. The van der Waals surface area contributed by atoms with Crippen molar-refractivity contribution in [1.82, 2.24) is 9.97 Å². The highest BCUT2D eigenvalue weighted by Crippen LogP contribution is 2.40. The van der Waals surface area contributed by atoms with Crippen molar-refractivity contribution in [1.29, 1.82) is 0 Å². The maximum atomic E-state index is 10.2. The second kappa shape index (κ2) is 7.72. The predicted molar refractivity (Wildman–Crippen MR) is 105 cm³/mol. The van der Waals surface area contributed by atoms with Gasteiger partial charge in [0.25, 0.3) is 0 Å². The number of aliphatic hydroxyl groups excluding tert-OH is 1. The molecule has 0 aromatic carbocycles. The Hall–Kier alpha value is -0.990. The molecule has 25 heavy (non-hydrogen) atoms. The van der Waals surface area contributed by atoms with Crippen LogP contribution in [-0.2, 0) is 24.2 Å². The summed E-state index contributed by atoms with van der Waals surface area (Å²) >= 11 is 5.10. The predicted octanol–water partition coefficient (Wildman–Crippen LogP) is 4.22. The van der Waals surface area contributed by atoms with E-state index in [9.17, 15) is 5.11 Å². The van der Waals surface area contributed by atoms with Gasteiger partial charge < -0.3 is 9.84 Å². The summed E-state index contributed by atoms with van der Waals surface area (Å²) in [4.78, 5) is 13.0. The fourth-order valence-corrected chi connectivity index (χ4v) is 6.10. The average Bonchev–Trinajstić information content (AvgIpc) is 3.29. The molecule has 4 rings (SSSR count). The fourth-order valence-electron chi connectivity index (χ4n) is 3.08. The normalized spacial score (nSPS) is 15.0. The van der Waals surface area contributed by atoms with Crippen molar-refractivity contribution in [2.45, 2.75) is 43.9 Å². The second-order valence-electron chi connectivity index (χ2n) is 6.17. The minimum Gasteiger partial charge on any atom is -0.390 e. The molecule has 3 aromatic rings. The molecule has 132 valence electrons. The SMILES string of the molecule is Cc1nc(SC[C@H](O)COCc2cccs2)c2c3c(sc2n1)CCC3. The molecule has 0 saturated carbocycles. The molecule has 1 atom stereocenters. The van der Waals surface area contributed by atoms with Crippen LogP contribution < -0.4 is 0 Å². The summed E-state index contributed by atoms with van der Waals surface area (Å²) in [5.41, 5.74) is 1.44. The van der Waals surface area contributed by atoms with Crippen LogP contribution in [0.25, 0.3) is 10.2 Å². The van der Waals surface area contributed by atoms with Gasteiger partial charge in [0.1, 0.15) is 15.7 Å². The second-order valence-corrected chi connectivity index (χ2v) is 9.30. The third kappa shape index (κ3) is 3.90. The maximum Gasteiger partial charge on any atom is 0.128 e. The smallest absolute Gasteiger partial charge is 0.128 e. The lowest BCUT2D eigenvalue weighted by Gasteiger charge is -2.11. The van der Waals surface area contributed by atoms with Crippen LogP contribution in [0.15, 0.2) is 22.5 Å². The van der Waals surface area contributed by atoms with Gasteiger partial charge in [-0.05, 0) is 43.2 Å². The number of aryl methyl sites for hydroxylation is 3. The summed E-state index contributed by atoms with van der Waals surface area (Å²) in [6.07, 6.45) is 3.02. The van der Waals surface area contributed by atoms with Gasteiger partial charge in [0.15, 0.2) is 0 Å². The zero-order chi connectivity index (χ0) is 17.2. The van der Waals surface area contributed by atoms with Crippen molar-refractivity contribution in [2.75, 3.05) is 12.4 Å². The number of hydrogen-bond acceptors (Lipinski definition) is 7. The van der Waals surface area contributed by atoms with Gasteiger partial charge in [-0.2, -0.15) is 0 Å². The van der Waals surface area contributed by atoms with Crippen LogP contribution in [0.2, 0.25) is 0 Å². The standard InChI is InChI=1S/C18H20N2O2S3/c1-11-19-17(16-14-5-2-6-15(14)25-18(16)20-11)24-10-12(21)8-22-9-13-4-3-7-23-13/h3-4,7,12,21H,2,5-6,8-10H2,1H3/t12-/m1/s1. The number of thioether (sulfide) groups is 1. The molecule has 1 aliphatic carbocycles. The highest BCUT2D eigenvalue weighted by molar-refractivity contribution is 7.99. The third-order valence-corrected chi connectivity index (χ3v) is 7.35. The summed E-state index contributed by atoms with van der Waals surface area (Å²) in [7, 11) is 0. The monoisotopic (exact) mass is 392 g/mol. The Morgan fingerprint density at radius 3 is 3.12 bits per heavy atom. The van der Waals surface area contributed by atoms with Gasteiger partial charge in [-0.3, -0.25) is 0 Å². The summed E-state index contributed by atoms with van der Waals surface area (Å²) < 4.78 is 5.61. The van der Waals surface area contributed by atoms with Gasteiger partial charge in [-0.25, -0.2) is 9.97 Å². The Kier molecular flexibility index (Phi) is 5.38. The number of rotatable bonds is 7. The van der Waals surface area contributed by atoms with E-state index in [1.165, 1.54) is 33.5 Å². The maximum absolute atomic E-state index is 10.2. The van der Waals surface area contributed by atoms with Crippen molar-refractivity contribution in [3.63, 3.8) is 0 Å². The first-order valence-electron chi connectivity index (χ1n) is 8.40. The molecule has 0 aliphatic heterocycles. The first-order valence-corrected chi connectivity index (χ1v) is 11.1. The Bertz CT molecular complexity index is 861. The highest BCUT2D eigenvalue weighted by Gasteiger charge is 2.22. The van der Waals surface area contributed by atoms with E-state index in [4.69, 9.17) is 4.74 Å². The number of nitrogens with zero attached hydrogens (tertiary/aromatic N) is 2. The zero-order valence-corrected chi connectivity index (χ0v) is 16.5. The van der Waals surface area contributed by atoms with Gasteiger partial charge in [-0.15, -0.1) is 34.4 Å². The third-order valence-electron chi connectivity index (χ3n) is 4.19. The first kappa shape index (κ1) is 17.4. The van der Waals surface area contributed by atoms with Crippen molar-refractivity contribution in [3.8, 4) is 0 Å². The largest absolute Gasteiger partial charge is 0.390 e. The van der Waals surface area contributed by atoms with Gasteiger partial charge in [0.2, 0.25) is 0 Å². The number of thiophene rings is 2. The first-order chi connectivity index (χ1) is 12.2. The van der Waals surface area contributed by atoms with Crippen molar-refractivity contribution in [3.05, 3.63) is 38.7 Å². The van der Waals surface area contributed by atoms with Gasteiger partial charge in [0.05, 0.1) is 19.3 Å². The molecule has 0 saturated heterocycles. The Labute approximate surface area is 159 Å². The number of aliphatic hydroxyl groups is 1. The summed E-state index contributed by atoms with van der Waals surface area (Å²) in [5.74, 6) is 1.39. The van der Waals surface area contributed by atoms with Crippen molar-refractivity contribution in [2.24, 2.45) is 0 Å². The average molecular weight is 393 g/mol. The van der Waals surface area contributed by atoms with E-state index in [1.54, 1.807) is 23.1 Å². The van der Waals surface area contributed by atoms with E-state index < -0.39 is 6.10 Å². The van der Waals surface area contributed by atoms with Crippen LogP contribution in [0.1, 0.15) is 27.6 Å². The van der Waals surface area contributed by atoms with Crippen molar-refractivity contribution >= 4 is 44.7 Å². The summed E-state index contributed by atoms with van der Waals surface area (Å²) in [6, 6.07) is 4.06. The van der Waals surface area contributed by atoms with E-state index in [-0.39, 0.29) is 0 Å². The van der Waals surface area contributed by atoms with E-state index in [1.807, 2.05) is 35.8 Å². The van der Waals surface area contributed by atoms with Crippen LogP contribution >= 0.6 is 34.4 Å². The molecular formula is C18H20N2O2S3. The lowest BCUT2D eigenvalue weighted by atomic mass is 10.2. The van der Waals surface area contributed by atoms with E-state index >= 15 is 0 Å². The lowest BCUT2D eigenvalue weighted by Crippen LogP contribution is -2.18. The summed E-state index contributed by atoms with van der Waals surface area (Å²) in [5, 5.41) is 14.5. The molecule has 1 N–H and O–H groups in total. The highest BCUT2D eigenvalue weighted by atomic mass is 32.2. The van der Waals surface area contributed by atoms with E-state index in [0.717, 1.165) is 22.1 Å². The molecule has 3 heterocycles. The molecule has 4 nitrogen and oxygen atoms in total. The minimum atomic E-state index is -0.498. The molecule has 1 aliphatic rings. The molecular weight excluding hydrogens is 372 g/mol. The minimum absolute atomic E-state index is 0.347. The molecule has 0 spiro atoms. The molecule has 7 heteroatoms. The molecule has 0 fully saturated rings. The van der Waals surface area contributed by atoms with Crippen LogP contribution in [0.3, 0.4) is 0 Å². The Balaban J connectivity index is 1.40. The molecule has 3 aromatic heterocycles. The molecule has 0 radical (unpaired) electrons. The molecule has 0 amide bonds. The van der Waals surface area contributed by atoms with Crippen LogP contribution in [0.4, 0.5) is 0 Å². The number of aromatic nitrogens is 2. The summed E-state index contributed by atoms with van der Waals surface area (Å²) in [6.45, 7) is 2.85. The number of hydrogen-bond donors (Lipinski definition) is 1. The van der Waals surface area contributed by atoms with Gasteiger partial charge >= 0.3 is 0 Å². The number of fused-ring (bicyclic) bond motifs is 3. The Morgan fingerprint density at radius 2 is 2.28 bits per heavy atom. The number of ether oxygens (including phenoxy) is 1. The van der Waals surface area contributed by atoms with Crippen molar-refractivity contribution < 1.29 is 9.84 Å². The van der Waals surface area contributed by atoms with Gasteiger partial charge in [0, 0.05) is 20.9 Å². The molecule has 0 unspecified atom stereocenters. The van der Waals surface area contributed by atoms with Crippen LogP contribution in [0, 0.1) is 6.92 Å². The van der Waals surface area contributed by atoms with Gasteiger partial charge in [-0.1, -0.05) is 6.07 Å². The molecule has 0 bridgehead atoms. The van der Waals surface area contributed by atoms with Crippen LogP contribution in [0.5, 0.6) is 0 Å². The Morgan fingerprint density at radius 1 is 1.36 bits per heavy atom. The topological polar surface area (TPSA) is 55.2 Å². The van der Waals surface area contributed by atoms with E-state index in [0.29, 0.717) is 19.0 Å². The van der Waals surface area contributed by atoms with E-state index in [2.05, 4.69) is 9.97 Å². The van der Waals surface area contributed by atoms with Crippen LogP contribution in [-0.4, -0.2) is 33.5 Å².